The Morgan fingerprint density at radius 1 is 1.38 bits per heavy atom. The summed E-state index contributed by atoms with van der Waals surface area (Å²) in [5.74, 6) is 0.0659. The molecule has 2 aliphatic rings. The predicted octanol–water partition coefficient (Wildman–Crippen LogP) is 2.32. The number of pyridine rings is 1. The second-order valence-electron chi connectivity index (χ2n) is 7.68. The Bertz CT molecular complexity index is 599. The first kappa shape index (κ1) is 17.6. The van der Waals surface area contributed by atoms with Crippen LogP contribution in [-0.2, 0) is 11.3 Å². The normalized spacial score (nSPS) is 26.9. The molecule has 1 N–H and O–H groups in total. The zero-order chi connectivity index (χ0) is 17.4. The highest BCUT2D eigenvalue weighted by Gasteiger charge is 2.52. The van der Waals surface area contributed by atoms with Crippen molar-refractivity contribution in [1.82, 2.24) is 14.8 Å². The van der Waals surface area contributed by atoms with Crippen LogP contribution in [0.5, 0.6) is 0 Å². The molecule has 2 fully saturated rings. The lowest BCUT2D eigenvalue weighted by molar-refractivity contribution is -0.134. The fourth-order valence-corrected chi connectivity index (χ4v) is 4.48. The van der Waals surface area contributed by atoms with Gasteiger partial charge in [-0.15, -0.1) is 0 Å². The van der Waals surface area contributed by atoms with Crippen LogP contribution in [0.25, 0.3) is 0 Å². The Hall–Kier alpha value is -1.17. The lowest BCUT2D eigenvalue weighted by Crippen LogP contribution is -2.46. The number of hydrogen-bond donors (Lipinski definition) is 1. The minimum Gasteiger partial charge on any atom is -0.394 e. The molecule has 0 saturated carbocycles. The van der Waals surface area contributed by atoms with Gasteiger partial charge in [0, 0.05) is 26.2 Å². The Labute approximate surface area is 148 Å². The van der Waals surface area contributed by atoms with Crippen molar-refractivity contribution in [2.24, 2.45) is 5.41 Å². The zero-order valence-corrected chi connectivity index (χ0v) is 15.2. The maximum Gasteiger partial charge on any atom is 0.219 e. The van der Waals surface area contributed by atoms with E-state index in [9.17, 15) is 9.90 Å². The number of halogens is 1. The molecule has 0 radical (unpaired) electrons. The fraction of sp³-hybridized carbons (Fsp3) is 0.667. The van der Waals surface area contributed by atoms with E-state index in [1.165, 1.54) is 0 Å². The number of aromatic nitrogens is 1. The van der Waals surface area contributed by atoms with Crippen LogP contribution in [0.1, 0.15) is 38.8 Å². The Morgan fingerprint density at radius 3 is 2.58 bits per heavy atom. The molecule has 1 aromatic rings. The van der Waals surface area contributed by atoms with E-state index in [4.69, 9.17) is 11.6 Å². The molecule has 5 nitrogen and oxygen atoms in total. The highest BCUT2D eigenvalue weighted by Crippen LogP contribution is 2.48. The van der Waals surface area contributed by atoms with Gasteiger partial charge in [-0.3, -0.25) is 14.7 Å². The first-order chi connectivity index (χ1) is 11.4. The van der Waals surface area contributed by atoms with Crippen LogP contribution in [0.4, 0.5) is 0 Å². The molecule has 2 saturated heterocycles. The third kappa shape index (κ3) is 3.44. The molecule has 1 amide bonds. The number of nitrogens with zero attached hydrogens (tertiary/aromatic N) is 3. The summed E-state index contributed by atoms with van der Waals surface area (Å²) in [4.78, 5) is 20.6. The van der Waals surface area contributed by atoms with Crippen molar-refractivity contribution in [1.29, 1.82) is 0 Å². The summed E-state index contributed by atoms with van der Waals surface area (Å²) in [6.45, 7) is 7.25. The first-order valence-corrected chi connectivity index (χ1v) is 8.96. The Kier molecular flexibility index (Phi) is 4.87. The molecule has 6 heteroatoms. The highest BCUT2D eigenvalue weighted by molar-refractivity contribution is 6.30. The number of amides is 1. The molecule has 0 unspecified atom stereocenters. The smallest absolute Gasteiger partial charge is 0.219 e. The standard InChI is InChI=1S/C18H26ClN3O2/c1-14(24)22-12-18(11-17(22,2)13-23)5-7-21(8-6-18)10-16-4-3-15(19)9-20-16/h3-4,9,23H,5-8,10-13H2,1-2H3/t17-/m0/s1. The number of carbonyl (C=O) groups excluding carboxylic acids is 1. The Balaban J connectivity index is 1.62. The second kappa shape index (κ2) is 6.62. The number of hydrogen-bond acceptors (Lipinski definition) is 4. The third-order valence-corrected chi connectivity index (χ3v) is 5.94. The minimum atomic E-state index is -0.411. The molecule has 2 aliphatic heterocycles. The number of piperidine rings is 1. The average Bonchev–Trinajstić information content (AvgIpc) is 2.86. The van der Waals surface area contributed by atoms with E-state index in [1.54, 1.807) is 13.1 Å². The molecule has 3 heterocycles. The van der Waals surface area contributed by atoms with Crippen LogP contribution in [0.15, 0.2) is 18.3 Å². The van der Waals surface area contributed by atoms with Crippen LogP contribution in [0.3, 0.4) is 0 Å². The molecular weight excluding hydrogens is 326 g/mol. The topological polar surface area (TPSA) is 56.7 Å². The first-order valence-electron chi connectivity index (χ1n) is 8.58. The molecule has 1 atom stereocenters. The molecule has 0 bridgehead atoms. The van der Waals surface area contributed by atoms with Gasteiger partial charge in [-0.1, -0.05) is 11.6 Å². The number of aliphatic hydroxyl groups is 1. The molecule has 3 rings (SSSR count). The molecule has 24 heavy (non-hydrogen) atoms. The molecule has 1 spiro atoms. The monoisotopic (exact) mass is 351 g/mol. The van der Waals surface area contributed by atoms with Crippen LogP contribution in [-0.4, -0.2) is 57.6 Å². The van der Waals surface area contributed by atoms with Gasteiger partial charge in [-0.25, -0.2) is 0 Å². The van der Waals surface area contributed by atoms with Gasteiger partial charge >= 0.3 is 0 Å². The number of rotatable bonds is 3. The number of carbonyl (C=O) groups is 1. The molecule has 0 aromatic carbocycles. The van der Waals surface area contributed by atoms with Gasteiger partial charge in [0.1, 0.15) is 0 Å². The van der Waals surface area contributed by atoms with Crippen molar-refractivity contribution in [2.75, 3.05) is 26.2 Å². The van der Waals surface area contributed by atoms with Gasteiger partial charge in [0.25, 0.3) is 0 Å². The third-order valence-electron chi connectivity index (χ3n) is 5.71. The average molecular weight is 352 g/mol. The lowest BCUT2D eigenvalue weighted by atomic mass is 9.74. The quantitative estimate of drug-likeness (QED) is 0.908. The van der Waals surface area contributed by atoms with Gasteiger partial charge in [0.05, 0.1) is 22.9 Å². The number of likely N-dealkylation sites (tertiary alicyclic amines) is 2. The maximum atomic E-state index is 12.0. The van der Waals surface area contributed by atoms with E-state index < -0.39 is 5.54 Å². The summed E-state index contributed by atoms with van der Waals surface area (Å²) < 4.78 is 0. The van der Waals surface area contributed by atoms with Crippen molar-refractivity contribution in [3.63, 3.8) is 0 Å². The summed E-state index contributed by atoms with van der Waals surface area (Å²) in [6.07, 6.45) is 4.69. The van der Waals surface area contributed by atoms with E-state index in [1.807, 2.05) is 24.0 Å². The van der Waals surface area contributed by atoms with Crippen molar-refractivity contribution in [3.8, 4) is 0 Å². The van der Waals surface area contributed by atoms with Crippen molar-refractivity contribution in [3.05, 3.63) is 29.0 Å². The fourth-order valence-electron chi connectivity index (χ4n) is 4.37. The van der Waals surface area contributed by atoms with Gasteiger partial charge in [-0.05, 0) is 56.8 Å². The van der Waals surface area contributed by atoms with E-state index in [0.717, 1.165) is 51.1 Å². The predicted molar refractivity (Wildman–Crippen MR) is 93.7 cm³/mol. The highest BCUT2D eigenvalue weighted by atomic mass is 35.5. The SMILES string of the molecule is CC(=O)N1CC2(CCN(Cc3ccc(Cl)cn3)CC2)C[C@@]1(C)CO. The van der Waals surface area contributed by atoms with Crippen molar-refractivity contribution < 1.29 is 9.90 Å². The summed E-state index contributed by atoms with van der Waals surface area (Å²) in [7, 11) is 0. The van der Waals surface area contributed by atoms with Crippen LogP contribution >= 0.6 is 11.6 Å². The van der Waals surface area contributed by atoms with E-state index >= 15 is 0 Å². The van der Waals surface area contributed by atoms with E-state index in [0.29, 0.717) is 5.02 Å². The van der Waals surface area contributed by atoms with Crippen molar-refractivity contribution in [2.45, 2.75) is 45.2 Å². The molecule has 132 valence electrons. The van der Waals surface area contributed by atoms with Gasteiger partial charge in [0.15, 0.2) is 0 Å². The minimum absolute atomic E-state index is 0.0345. The molecule has 0 aliphatic carbocycles. The van der Waals surface area contributed by atoms with Crippen LogP contribution < -0.4 is 0 Å². The van der Waals surface area contributed by atoms with Crippen molar-refractivity contribution >= 4 is 17.5 Å². The summed E-state index contributed by atoms with van der Waals surface area (Å²) in [6, 6.07) is 3.85. The number of aliphatic hydroxyl groups excluding tert-OH is 1. The lowest BCUT2D eigenvalue weighted by Gasteiger charge is -2.39. The second-order valence-corrected chi connectivity index (χ2v) is 8.12. The maximum absolute atomic E-state index is 12.0. The summed E-state index contributed by atoms with van der Waals surface area (Å²) in [5, 5.41) is 10.5. The largest absolute Gasteiger partial charge is 0.394 e. The summed E-state index contributed by atoms with van der Waals surface area (Å²) in [5.41, 5.74) is 0.769. The summed E-state index contributed by atoms with van der Waals surface area (Å²) >= 11 is 5.89. The van der Waals surface area contributed by atoms with Gasteiger partial charge in [-0.2, -0.15) is 0 Å². The molecular formula is C18H26ClN3O2. The zero-order valence-electron chi connectivity index (χ0n) is 14.5. The van der Waals surface area contributed by atoms with Gasteiger partial charge < -0.3 is 10.0 Å². The van der Waals surface area contributed by atoms with E-state index in [-0.39, 0.29) is 17.9 Å². The van der Waals surface area contributed by atoms with Gasteiger partial charge in [0.2, 0.25) is 5.91 Å². The van der Waals surface area contributed by atoms with Crippen LogP contribution in [0, 0.1) is 5.41 Å². The molecule has 1 aromatic heterocycles. The Morgan fingerprint density at radius 2 is 2.08 bits per heavy atom. The van der Waals surface area contributed by atoms with Crippen LogP contribution in [0.2, 0.25) is 5.02 Å². The van der Waals surface area contributed by atoms with E-state index in [2.05, 4.69) is 9.88 Å².